The Morgan fingerprint density at radius 2 is 1.79 bits per heavy atom. The number of anilines is 1. The predicted octanol–water partition coefficient (Wildman–Crippen LogP) is 2.39. The highest BCUT2D eigenvalue weighted by Crippen LogP contribution is 2.14. The molecular formula is C15H26N2OS. The van der Waals surface area contributed by atoms with Crippen LogP contribution >= 0.6 is 0 Å². The van der Waals surface area contributed by atoms with E-state index in [-0.39, 0.29) is 6.04 Å². The largest absolute Gasteiger partial charge is 0.372 e. The maximum Gasteiger partial charge on any atom is 0.0383 e. The average Bonchev–Trinajstić information content (AvgIpc) is 2.38. The number of rotatable bonds is 8. The fourth-order valence-corrected chi connectivity index (χ4v) is 2.94. The van der Waals surface area contributed by atoms with Crippen molar-refractivity contribution in [2.45, 2.75) is 33.4 Å². The van der Waals surface area contributed by atoms with Crippen LogP contribution in [0.1, 0.15) is 26.3 Å². The minimum atomic E-state index is -0.735. The zero-order valence-corrected chi connectivity index (χ0v) is 13.3. The Bertz CT molecular complexity index is 388. The zero-order valence-electron chi connectivity index (χ0n) is 12.5. The molecular weight excluding hydrogens is 256 g/mol. The van der Waals surface area contributed by atoms with E-state index in [0.717, 1.165) is 19.6 Å². The van der Waals surface area contributed by atoms with E-state index in [0.29, 0.717) is 5.75 Å². The second-order valence-corrected chi connectivity index (χ2v) is 6.34. The number of benzene rings is 1. The summed E-state index contributed by atoms with van der Waals surface area (Å²) >= 11 is 0. The van der Waals surface area contributed by atoms with E-state index in [9.17, 15) is 4.21 Å². The van der Waals surface area contributed by atoms with Crippen molar-refractivity contribution in [2.75, 3.05) is 30.0 Å². The molecule has 0 spiro atoms. The van der Waals surface area contributed by atoms with Crippen molar-refractivity contribution in [1.82, 2.24) is 5.32 Å². The van der Waals surface area contributed by atoms with Crippen molar-refractivity contribution in [3.8, 4) is 0 Å². The summed E-state index contributed by atoms with van der Waals surface area (Å²) in [4.78, 5) is 2.33. The van der Waals surface area contributed by atoms with Crippen LogP contribution in [0.2, 0.25) is 0 Å². The second kappa shape index (κ2) is 8.33. The fourth-order valence-electron chi connectivity index (χ4n) is 2.12. The van der Waals surface area contributed by atoms with Gasteiger partial charge in [0.25, 0.3) is 0 Å². The van der Waals surface area contributed by atoms with Gasteiger partial charge in [-0.25, -0.2) is 0 Å². The monoisotopic (exact) mass is 282 g/mol. The lowest BCUT2D eigenvalue weighted by atomic mass is 10.2. The molecule has 3 nitrogen and oxygen atoms in total. The van der Waals surface area contributed by atoms with Gasteiger partial charge in [-0.05, 0) is 38.5 Å². The molecule has 1 aromatic carbocycles. The van der Waals surface area contributed by atoms with Crippen molar-refractivity contribution >= 4 is 16.5 Å². The first-order valence-electron chi connectivity index (χ1n) is 6.94. The van der Waals surface area contributed by atoms with Crippen molar-refractivity contribution in [3.63, 3.8) is 0 Å². The molecule has 0 aliphatic rings. The van der Waals surface area contributed by atoms with Gasteiger partial charge in [-0.2, -0.15) is 0 Å². The lowest BCUT2D eigenvalue weighted by Gasteiger charge is -2.21. The molecule has 2 atom stereocenters. The van der Waals surface area contributed by atoms with Gasteiger partial charge < -0.3 is 10.2 Å². The number of hydrogen-bond donors (Lipinski definition) is 1. The SMILES string of the molecule is CCN(CC)c1ccc(CNC(C)CS(C)=O)cc1. The third kappa shape index (κ3) is 5.74. The average molecular weight is 282 g/mol. The van der Waals surface area contributed by atoms with Gasteiger partial charge in [-0.15, -0.1) is 0 Å². The summed E-state index contributed by atoms with van der Waals surface area (Å²) in [7, 11) is -0.735. The molecule has 0 bridgehead atoms. The molecule has 4 heteroatoms. The van der Waals surface area contributed by atoms with Crippen LogP contribution in [0.15, 0.2) is 24.3 Å². The van der Waals surface area contributed by atoms with E-state index < -0.39 is 10.8 Å². The number of nitrogens with zero attached hydrogens (tertiary/aromatic N) is 1. The van der Waals surface area contributed by atoms with Crippen molar-refractivity contribution < 1.29 is 4.21 Å². The maximum absolute atomic E-state index is 11.1. The number of nitrogens with one attached hydrogen (secondary N) is 1. The molecule has 0 saturated carbocycles. The van der Waals surface area contributed by atoms with Crippen molar-refractivity contribution in [2.24, 2.45) is 0 Å². The predicted molar refractivity (Wildman–Crippen MR) is 85.2 cm³/mol. The van der Waals surface area contributed by atoms with Gasteiger partial charge in [0.2, 0.25) is 0 Å². The van der Waals surface area contributed by atoms with Crippen LogP contribution in [0.4, 0.5) is 5.69 Å². The summed E-state index contributed by atoms with van der Waals surface area (Å²) in [6, 6.07) is 8.96. The first-order chi connectivity index (χ1) is 9.06. The lowest BCUT2D eigenvalue weighted by Crippen LogP contribution is -2.30. The highest BCUT2D eigenvalue weighted by molar-refractivity contribution is 7.84. The molecule has 0 fully saturated rings. The van der Waals surface area contributed by atoms with Crippen LogP contribution in [0.3, 0.4) is 0 Å². The van der Waals surface area contributed by atoms with E-state index in [1.807, 2.05) is 0 Å². The molecule has 0 amide bonds. The topological polar surface area (TPSA) is 32.3 Å². The lowest BCUT2D eigenvalue weighted by molar-refractivity contribution is 0.587. The Morgan fingerprint density at radius 1 is 1.21 bits per heavy atom. The van der Waals surface area contributed by atoms with E-state index in [2.05, 4.69) is 55.3 Å². The van der Waals surface area contributed by atoms with E-state index in [1.54, 1.807) is 6.26 Å². The summed E-state index contributed by atoms with van der Waals surface area (Å²) in [6.07, 6.45) is 1.75. The Balaban J connectivity index is 2.50. The minimum absolute atomic E-state index is 0.285. The first-order valence-corrected chi connectivity index (χ1v) is 8.66. The molecule has 1 aromatic rings. The van der Waals surface area contributed by atoms with Crippen LogP contribution in [0.25, 0.3) is 0 Å². The Kier molecular flexibility index (Phi) is 7.10. The highest BCUT2D eigenvalue weighted by Gasteiger charge is 2.05. The van der Waals surface area contributed by atoms with Crippen molar-refractivity contribution in [1.29, 1.82) is 0 Å². The summed E-state index contributed by atoms with van der Waals surface area (Å²) < 4.78 is 11.1. The van der Waals surface area contributed by atoms with Gasteiger partial charge in [0.05, 0.1) is 0 Å². The van der Waals surface area contributed by atoms with Gasteiger partial charge in [-0.1, -0.05) is 12.1 Å². The van der Waals surface area contributed by atoms with E-state index in [1.165, 1.54) is 11.3 Å². The van der Waals surface area contributed by atoms with Crippen LogP contribution in [-0.2, 0) is 17.3 Å². The third-order valence-corrected chi connectivity index (χ3v) is 4.17. The second-order valence-electron chi connectivity index (χ2n) is 4.86. The van der Waals surface area contributed by atoms with Gasteiger partial charge >= 0.3 is 0 Å². The normalized spacial score (nSPS) is 14.1. The van der Waals surface area contributed by atoms with Crippen molar-refractivity contribution in [3.05, 3.63) is 29.8 Å². The van der Waals surface area contributed by atoms with Gasteiger partial charge in [-0.3, -0.25) is 4.21 Å². The van der Waals surface area contributed by atoms with E-state index >= 15 is 0 Å². The molecule has 0 radical (unpaired) electrons. The Morgan fingerprint density at radius 3 is 2.26 bits per heavy atom. The molecule has 0 aromatic heterocycles. The molecule has 0 heterocycles. The summed E-state index contributed by atoms with van der Waals surface area (Å²) in [5.74, 6) is 0.706. The maximum atomic E-state index is 11.1. The van der Waals surface area contributed by atoms with Gasteiger partial charge in [0.15, 0.2) is 0 Å². The van der Waals surface area contributed by atoms with Crippen LogP contribution in [-0.4, -0.2) is 35.3 Å². The van der Waals surface area contributed by atoms with Gasteiger partial charge in [0, 0.05) is 54.2 Å². The summed E-state index contributed by atoms with van der Waals surface area (Å²) in [5.41, 5.74) is 2.54. The standard InChI is InChI=1S/C15H26N2OS/c1-5-17(6-2)15-9-7-14(8-10-15)11-16-13(3)12-19(4)18/h7-10,13,16H,5-6,11-12H2,1-4H3. The molecule has 108 valence electrons. The minimum Gasteiger partial charge on any atom is -0.372 e. The summed E-state index contributed by atoms with van der Waals surface area (Å²) in [5, 5.41) is 3.40. The molecule has 0 aliphatic carbocycles. The van der Waals surface area contributed by atoms with Crippen LogP contribution < -0.4 is 10.2 Å². The zero-order chi connectivity index (χ0) is 14.3. The molecule has 1 N–H and O–H groups in total. The molecule has 19 heavy (non-hydrogen) atoms. The quantitative estimate of drug-likeness (QED) is 0.794. The highest BCUT2D eigenvalue weighted by atomic mass is 32.2. The third-order valence-electron chi connectivity index (χ3n) is 3.20. The summed E-state index contributed by atoms with van der Waals surface area (Å²) in [6.45, 7) is 9.32. The van der Waals surface area contributed by atoms with Gasteiger partial charge in [0.1, 0.15) is 0 Å². The fraction of sp³-hybridized carbons (Fsp3) is 0.600. The Labute approximate surface area is 119 Å². The molecule has 2 unspecified atom stereocenters. The Hall–Kier alpha value is -0.870. The van der Waals surface area contributed by atoms with E-state index in [4.69, 9.17) is 0 Å². The molecule has 0 saturated heterocycles. The van der Waals surface area contributed by atoms with Crippen LogP contribution in [0.5, 0.6) is 0 Å². The first kappa shape index (κ1) is 16.2. The molecule has 0 aliphatic heterocycles. The smallest absolute Gasteiger partial charge is 0.0383 e. The molecule has 1 rings (SSSR count). The number of hydrogen-bond acceptors (Lipinski definition) is 3. The van der Waals surface area contributed by atoms with Crippen LogP contribution in [0, 0.1) is 0 Å².